The van der Waals surface area contributed by atoms with E-state index in [0.29, 0.717) is 12.1 Å². The van der Waals surface area contributed by atoms with Crippen LogP contribution >= 0.6 is 0 Å². The summed E-state index contributed by atoms with van der Waals surface area (Å²) in [6.45, 7) is 2.60. The van der Waals surface area contributed by atoms with E-state index in [0.717, 1.165) is 37.7 Å². The van der Waals surface area contributed by atoms with E-state index in [2.05, 4.69) is 17.4 Å². The standard InChI is InChI=1S/C16H23N3O2/c1-2-16(9-3-4-10-16)15(20)18-11-12-5-7-13(8-6-12)14(17)19-21/h5-8,21H,2-4,9-11H2,1H3,(H2,17,19)(H,18,20). The fourth-order valence-electron chi connectivity index (χ4n) is 3.01. The number of amidine groups is 1. The summed E-state index contributed by atoms with van der Waals surface area (Å²) in [5, 5.41) is 14.6. The lowest BCUT2D eigenvalue weighted by Crippen LogP contribution is -2.38. The number of carbonyl (C=O) groups excluding carboxylic acids is 1. The van der Waals surface area contributed by atoms with Crippen molar-refractivity contribution in [3.63, 3.8) is 0 Å². The molecule has 0 spiro atoms. The zero-order chi connectivity index (χ0) is 15.3. The Bertz CT molecular complexity index is 517. The lowest BCUT2D eigenvalue weighted by Gasteiger charge is -2.26. The van der Waals surface area contributed by atoms with Gasteiger partial charge in [-0.05, 0) is 24.8 Å². The first-order valence-corrected chi connectivity index (χ1v) is 7.46. The molecule has 0 radical (unpaired) electrons. The molecule has 0 unspecified atom stereocenters. The van der Waals surface area contributed by atoms with Crippen LogP contribution in [0.2, 0.25) is 0 Å². The van der Waals surface area contributed by atoms with Gasteiger partial charge in [0.05, 0.1) is 0 Å². The number of amides is 1. The van der Waals surface area contributed by atoms with E-state index in [-0.39, 0.29) is 17.2 Å². The van der Waals surface area contributed by atoms with Crippen molar-refractivity contribution in [1.82, 2.24) is 5.32 Å². The Labute approximate surface area is 125 Å². The maximum Gasteiger partial charge on any atom is 0.226 e. The highest BCUT2D eigenvalue weighted by atomic mass is 16.4. The first kappa shape index (κ1) is 15.4. The van der Waals surface area contributed by atoms with Crippen LogP contribution in [-0.4, -0.2) is 17.0 Å². The molecule has 0 saturated heterocycles. The molecular weight excluding hydrogens is 266 g/mol. The first-order valence-electron chi connectivity index (χ1n) is 7.46. The Hall–Kier alpha value is -2.04. The van der Waals surface area contributed by atoms with Crippen LogP contribution in [0, 0.1) is 5.41 Å². The van der Waals surface area contributed by atoms with E-state index in [1.807, 2.05) is 12.1 Å². The first-order chi connectivity index (χ1) is 10.1. The third-order valence-electron chi connectivity index (χ3n) is 4.53. The number of rotatable bonds is 5. The van der Waals surface area contributed by atoms with Gasteiger partial charge < -0.3 is 16.3 Å². The monoisotopic (exact) mass is 289 g/mol. The molecule has 5 nitrogen and oxygen atoms in total. The summed E-state index contributed by atoms with van der Waals surface area (Å²) in [4.78, 5) is 12.4. The van der Waals surface area contributed by atoms with Crippen molar-refractivity contribution in [3.05, 3.63) is 35.4 Å². The maximum atomic E-state index is 12.4. The van der Waals surface area contributed by atoms with Crippen LogP contribution in [0.4, 0.5) is 0 Å². The van der Waals surface area contributed by atoms with Crippen molar-refractivity contribution in [2.24, 2.45) is 16.3 Å². The highest BCUT2D eigenvalue weighted by molar-refractivity contribution is 5.96. The Kier molecular flexibility index (Phi) is 4.83. The van der Waals surface area contributed by atoms with Gasteiger partial charge >= 0.3 is 0 Å². The van der Waals surface area contributed by atoms with Crippen LogP contribution < -0.4 is 11.1 Å². The molecule has 0 aliphatic heterocycles. The molecule has 1 aromatic rings. The summed E-state index contributed by atoms with van der Waals surface area (Å²) < 4.78 is 0. The molecule has 2 rings (SSSR count). The van der Waals surface area contributed by atoms with Crippen LogP contribution in [-0.2, 0) is 11.3 Å². The third kappa shape index (κ3) is 3.35. The Morgan fingerprint density at radius 3 is 2.48 bits per heavy atom. The molecule has 1 aliphatic rings. The number of nitrogens with one attached hydrogen (secondary N) is 1. The Morgan fingerprint density at radius 2 is 1.95 bits per heavy atom. The molecule has 114 valence electrons. The second-order valence-electron chi connectivity index (χ2n) is 5.71. The Morgan fingerprint density at radius 1 is 1.33 bits per heavy atom. The highest BCUT2D eigenvalue weighted by Crippen LogP contribution is 2.41. The zero-order valence-corrected chi connectivity index (χ0v) is 12.4. The molecular formula is C16H23N3O2. The average Bonchev–Trinajstić information content (AvgIpc) is 3.02. The quantitative estimate of drug-likeness (QED) is 0.336. The fraction of sp³-hybridized carbons (Fsp3) is 0.500. The molecule has 1 aliphatic carbocycles. The largest absolute Gasteiger partial charge is 0.409 e. The number of benzene rings is 1. The van der Waals surface area contributed by atoms with Crippen molar-refractivity contribution >= 4 is 11.7 Å². The number of hydrogen-bond acceptors (Lipinski definition) is 3. The van der Waals surface area contributed by atoms with E-state index in [4.69, 9.17) is 10.9 Å². The topological polar surface area (TPSA) is 87.7 Å². The zero-order valence-electron chi connectivity index (χ0n) is 12.4. The van der Waals surface area contributed by atoms with Crippen LogP contribution in [0.25, 0.3) is 0 Å². The highest BCUT2D eigenvalue weighted by Gasteiger charge is 2.38. The van der Waals surface area contributed by atoms with Crippen molar-refractivity contribution in [2.75, 3.05) is 0 Å². The van der Waals surface area contributed by atoms with Gasteiger partial charge in [0.1, 0.15) is 0 Å². The molecule has 1 amide bonds. The number of nitrogens with two attached hydrogens (primary N) is 1. The summed E-state index contributed by atoms with van der Waals surface area (Å²) in [6, 6.07) is 7.31. The van der Waals surface area contributed by atoms with Crippen LogP contribution in [0.15, 0.2) is 29.4 Å². The van der Waals surface area contributed by atoms with Gasteiger partial charge in [0.25, 0.3) is 0 Å². The minimum Gasteiger partial charge on any atom is -0.409 e. The van der Waals surface area contributed by atoms with Gasteiger partial charge in [-0.3, -0.25) is 4.79 Å². The fourth-order valence-corrected chi connectivity index (χ4v) is 3.01. The second-order valence-corrected chi connectivity index (χ2v) is 5.71. The average molecular weight is 289 g/mol. The van der Waals surface area contributed by atoms with Gasteiger partial charge in [0, 0.05) is 17.5 Å². The summed E-state index contributed by atoms with van der Waals surface area (Å²) in [6.07, 6.45) is 5.20. The summed E-state index contributed by atoms with van der Waals surface area (Å²) in [5.41, 5.74) is 7.02. The number of carbonyl (C=O) groups is 1. The molecule has 0 atom stereocenters. The van der Waals surface area contributed by atoms with Gasteiger partial charge in [-0.2, -0.15) is 0 Å². The van der Waals surface area contributed by atoms with Crippen molar-refractivity contribution in [2.45, 2.75) is 45.6 Å². The Balaban J connectivity index is 1.95. The van der Waals surface area contributed by atoms with Crippen molar-refractivity contribution in [3.8, 4) is 0 Å². The minimum atomic E-state index is -0.159. The molecule has 0 aromatic heterocycles. The molecule has 0 bridgehead atoms. The molecule has 0 heterocycles. The maximum absolute atomic E-state index is 12.4. The van der Waals surface area contributed by atoms with E-state index < -0.39 is 0 Å². The van der Waals surface area contributed by atoms with Crippen LogP contribution in [0.3, 0.4) is 0 Å². The molecule has 21 heavy (non-hydrogen) atoms. The van der Waals surface area contributed by atoms with E-state index in [9.17, 15) is 4.79 Å². The number of hydrogen-bond donors (Lipinski definition) is 3. The van der Waals surface area contributed by atoms with Gasteiger partial charge in [-0.25, -0.2) is 0 Å². The van der Waals surface area contributed by atoms with Crippen LogP contribution in [0.1, 0.15) is 50.2 Å². The molecule has 5 heteroatoms. The lowest BCUT2D eigenvalue weighted by atomic mass is 9.82. The van der Waals surface area contributed by atoms with Crippen molar-refractivity contribution in [1.29, 1.82) is 0 Å². The predicted molar refractivity (Wildman–Crippen MR) is 82.0 cm³/mol. The van der Waals surface area contributed by atoms with Gasteiger partial charge in [-0.1, -0.05) is 49.2 Å². The lowest BCUT2D eigenvalue weighted by molar-refractivity contribution is -0.131. The van der Waals surface area contributed by atoms with Crippen LogP contribution in [0.5, 0.6) is 0 Å². The van der Waals surface area contributed by atoms with E-state index in [1.54, 1.807) is 12.1 Å². The minimum absolute atomic E-state index is 0.0847. The number of nitrogens with zero attached hydrogens (tertiary/aromatic N) is 1. The second kappa shape index (κ2) is 6.61. The normalized spacial score (nSPS) is 17.7. The third-order valence-corrected chi connectivity index (χ3v) is 4.53. The summed E-state index contributed by atoms with van der Waals surface area (Å²) in [7, 11) is 0. The summed E-state index contributed by atoms with van der Waals surface area (Å²) >= 11 is 0. The molecule has 1 saturated carbocycles. The molecule has 4 N–H and O–H groups in total. The van der Waals surface area contributed by atoms with Crippen molar-refractivity contribution < 1.29 is 10.0 Å². The smallest absolute Gasteiger partial charge is 0.226 e. The molecule has 1 fully saturated rings. The molecule has 1 aromatic carbocycles. The van der Waals surface area contributed by atoms with Gasteiger partial charge in [0.15, 0.2) is 5.84 Å². The SMILES string of the molecule is CCC1(C(=O)NCc2ccc(/C(N)=N/O)cc2)CCCC1. The van der Waals surface area contributed by atoms with Gasteiger partial charge in [-0.15, -0.1) is 0 Å². The summed E-state index contributed by atoms with van der Waals surface area (Å²) in [5.74, 6) is 0.254. The predicted octanol–water partition coefficient (Wildman–Crippen LogP) is 2.37. The van der Waals surface area contributed by atoms with E-state index >= 15 is 0 Å². The number of oxime groups is 1. The van der Waals surface area contributed by atoms with Gasteiger partial charge in [0.2, 0.25) is 5.91 Å². The van der Waals surface area contributed by atoms with E-state index in [1.165, 1.54) is 0 Å².